The van der Waals surface area contributed by atoms with Crippen LogP contribution in [0.3, 0.4) is 0 Å². The number of benzene rings is 2. The van der Waals surface area contributed by atoms with Crippen LogP contribution in [0, 0.1) is 0 Å². The third-order valence-corrected chi connectivity index (χ3v) is 3.47. The Labute approximate surface area is 151 Å². The molecule has 0 heterocycles. The minimum absolute atomic E-state index is 0.0596. The van der Waals surface area contributed by atoms with Crippen LogP contribution < -0.4 is 14.2 Å². The summed E-state index contributed by atoms with van der Waals surface area (Å²) in [5, 5.41) is 19.2. The van der Waals surface area contributed by atoms with E-state index in [1.807, 2.05) is 0 Å². The minimum Gasteiger partial charge on any atom is -0.497 e. The highest BCUT2D eigenvalue weighted by atomic mass is 16.7. The zero-order valence-corrected chi connectivity index (χ0v) is 14.6. The molecule has 140 valence electrons. The number of aliphatic hydroxyl groups excluding tert-OH is 1. The van der Waals surface area contributed by atoms with Crippen molar-refractivity contribution >= 4 is 5.97 Å². The first-order chi connectivity index (χ1) is 12.5. The highest BCUT2D eigenvalue weighted by molar-refractivity contribution is 5.71. The largest absolute Gasteiger partial charge is 0.497 e. The van der Waals surface area contributed by atoms with Gasteiger partial charge in [0.1, 0.15) is 30.0 Å². The van der Waals surface area contributed by atoms with Crippen LogP contribution in [0.4, 0.5) is 0 Å². The fourth-order valence-electron chi connectivity index (χ4n) is 2.17. The van der Waals surface area contributed by atoms with E-state index in [1.165, 1.54) is 0 Å². The van der Waals surface area contributed by atoms with Gasteiger partial charge < -0.3 is 29.2 Å². The van der Waals surface area contributed by atoms with Gasteiger partial charge in [0, 0.05) is 6.61 Å². The molecule has 2 N–H and O–H groups in total. The number of carboxylic acids is 1. The molecular formula is C19H22O7. The quantitative estimate of drug-likeness (QED) is 0.627. The molecular weight excluding hydrogens is 340 g/mol. The number of methoxy groups -OCH3 is 1. The summed E-state index contributed by atoms with van der Waals surface area (Å²) in [5.41, 5.74) is 0.685. The van der Waals surface area contributed by atoms with Crippen LogP contribution in [0.25, 0.3) is 0 Å². The monoisotopic (exact) mass is 362 g/mol. The highest BCUT2D eigenvalue weighted by Gasteiger charge is 2.19. The van der Waals surface area contributed by atoms with Crippen LogP contribution >= 0.6 is 0 Å². The summed E-state index contributed by atoms with van der Waals surface area (Å²) in [6.07, 6.45) is -2.17. The van der Waals surface area contributed by atoms with Crippen LogP contribution in [-0.2, 0) is 9.53 Å². The molecule has 0 aliphatic rings. The topological polar surface area (TPSA) is 94.5 Å². The number of ether oxygens (including phenoxy) is 4. The number of carboxylic acid groups (broad SMARTS) is 1. The van der Waals surface area contributed by atoms with Gasteiger partial charge in [-0.2, -0.15) is 0 Å². The first-order valence-corrected chi connectivity index (χ1v) is 8.09. The van der Waals surface area contributed by atoms with Crippen LogP contribution in [-0.4, -0.2) is 42.8 Å². The fraction of sp³-hybridized carbons (Fsp3) is 0.316. The molecule has 0 amide bonds. The minimum atomic E-state index is -1.36. The summed E-state index contributed by atoms with van der Waals surface area (Å²) in [6.45, 7) is 1.97. The van der Waals surface area contributed by atoms with Crippen LogP contribution in [0.2, 0.25) is 0 Å². The molecule has 0 saturated carbocycles. The van der Waals surface area contributed by atoms with Gasteiger partial charge in [-0.15, -0.1) is 0 Å². The number of carbonyl (C=O) groups is 1. The Bertz CT molecular complexity index is 699. The predicted octanol–water partition coefficient (Wildman–Crippen LogP) is 2.63. The summed E-state index contributed by atoms with van der Waals surface area (Å²) in [4.78, 5) is 11.0. The maximum atomic E-state index is 11.0. The fourth-order valence-corrected chi connectivity index (χ4v) is 2.17. The van der Waals surface area contributed by atoms with Gasteiger partial charge in [-0.25, -0.2) is 4.79 Å². The van der Waals surface area contributed by atoms with Crippen molar-refractivity contribution in [3.8, 4) is 17.2 Å². The molecule has 0 aliphatic heterocycles. The molecule has 0 radical (unpaired) electrons. The van der Waals surface area contributed by atoms with E-state index in [0.29, 0.717) is 22.8 Å². The zero-order chi connectivity index (χ0) is 18.9. The zero-order valence-electron chi connectivity index (χ0n) is 14.6. The molecule has 0 aliphatic carbocycles. The molecule has 2 aromatic rings. The first-order valence-electron chi connectivity index (χ1n) is 8.09. The van der Waals surface area contributed by atoms with Crippen molar-refractivity contribution in [1.29, 1.82) is 0 Å². The number of hydrogen-bond donors (Lipinski definition) is 2. The van der Waals surface area contributed by atoms with Crippen molar-refractivity contribution in [2.75, 3.05) is 20.3 Å². The van der Waals surface area contributed by atoms with Crippen molar-refractivity contribution in [2.24, 2.45) is 0 Å². The lowest BCUT2D eigenvalue weighted by Crippen LogP contribution is -2.30. The Balaban J connectivity index is 1.91. The van der Waals surface area contributed by atoms with Crippen molar-refractivity contribution < 1.29 is 34.0 Å². The number of rotatable bonds is 10. The summed E-state index contributed by atoms with van der Waals surface area (Å²) in [7, 11) is 1.56. The van der Waals surface area contributed by atoms with Crippen molar-refractivity contribution in [3.63, 3.8) is 0 Å². The third-order valence-electron chi connectivity index (χ3n) is 3.47. The highest BCUT2D eigenvalue weighted by Crippen LogP contribution is 2.22. The van der Waals surface area contributed by atoms with E-state index in [1.54, 1.807) is 62.6 Å². The normalized spacial score (nSPS) is 12.9. The lowest BCUT2D eigenvalue weighted by Gasteiger charge is -2.16. The van der Waals surface area contributed by atoms with Crippen molar-refractivity contribution in [1.82, 2.24) is 0 Å². The molecule has 2 aromatic carbocycles. The van der Waals surface area contributed by atoms with E-state index < -0.39 is 18.4 Å². The molecule has 0 bridgehead atoms. The van der Waals surface area contributed by atoms with Gasteiger partial charge in [-0.05, 0) is 48.9 Å². The average Bonchev–Trinajstić information content (AvgIpc) is 2.66. The summed E-state index contributed by atoms with van der Waals surface area (Å²) in [6, 6.07) is 13.5. The predicted molar refractivity (Wildman–Crippen MR) is 93.6 cm³/mol. The van der Waals surface area contributed by atoms with Crippen molar-refractivity contribution in [3.05, 3.63) is 54.1 Å². The van der Waals surface area contributed by atoms with Gasteiger partial charge in [0.25, 0.3) is 6.29 Å². The second-order valence-corrected chi connectivity index (χ2v) is 5.32. The van der Waals surface area contributed by atoms with Gasteiger partial charge in [-0.3, -0.25) is 0 Å². The Morgan fingerprint density at radius 2 is 1.77 bits per heavy atom. The Kier molecular flexibility index (Phi) is 7.25. The smallest absolute Gasteiger partial charge is 0.373 e. The molecule has 0 aromatic heterocycles. The van der Waals surface area contributed by atoms with Gasteiger partial charge >= 0.3 is 5.97 Å². The van der Waals surface area contributed by atoms with Crippen LogP contribution in [0.15, 0.2) is 48.5 Å². The van der Waals surface area contributed by atoms with E-state index in [4.69, 9.17) is 24.1 Å². The van der Waals surface area contributed by atoms with Crippen molar-refractivity contribution in [2.45, 2.75) is 19.3 Å². The van der Waals surface area contributed by atoms with Gasteiger partial charge in [-0.1, -0.05) is 12.1 Å². The summed E-state index contributed by atoms with van der Waals surface area (Å²) >= 11 is 0. The molecule has 0 spiro atoms. The molecule has 2 rings (SSSR count). The average molecular weight is 362 g/mol. The second-order valence-electron chi connectivity index (χ2n) is 5.32. The molecule has 26 heavy (non-hydrogen) atoms. The number of aliphatic hydroxyl groups is 1. The van der Waals surface area contributed by atoms with Gasteiger partial charge in [0.15, 0.2) is 0 Å². The molecule has 7 heteroatoms. The van der Waals surface area contributed by atoms with E-state index >= 15 is 0 Å². The second kappa shape index (κ2) is 9.65. The molecule has 0 unspecified atom stereocenters. The number of aliphatic carboxylic acids is 1. The Morgan fingerprint density at radius 3 is 2.38 bits per heavy atom. The van der Waals surface area contributed by atoms with Gasteiger partial charge in [0.05, 0.1) is 7.11 Å². The Hall–Kier alpha value is -2.77. The third kappa shape index (κ3) is 5.65. The van der Waals surface area contributed by atoms with E-state index in [0.717, 1.165) is 0 Å². The van der Waals surface area contributed by atoms with Gasteiger partial charge in [0.2, 0.25) is 0 Å². The van der Waals surface area contributed by atoms with E-state index in [9.17, 15) is 9.90 Å². The van der Waals surface area contributed by atoms with E-state index in [-0.39, 0.29) is 13.2 Å². The molecule has 2 atom stereocenters. The summed E-state index contributed by atoms with van der Waals surface area (Å²) in [5.74, 6) is 0.313. The first kappa shape index (κ1) is 19.6. The summed E-state index contributed by atoms with van der Waals surface area (Å²) < 4.78 is 20.9. The maximum Gasteiger partial charge on any atom is 0.373 e. The van der Waals surface area contributed by atoms with E-state index in [2.05, 4.69) is 0 Å². The Morgan fingerprint density at radius 1 is 1.08 bits per heavy atom. The SMILES string of the molecule is CCO[C@H](Oc1ccc(OC[C@H](O)c2cccc(OC)c2)cc1)C(=O)O. The molecule has 0 fully saturated rings. The van der Waals surface area contributed by atoms with Crippen LogP contribution in [0.1, 0.15) is 18.6 Å². The maximum absolute atomic E-state index is 11.0. The lowest BCUT2D eigenvalue weighted by atomic mass is 10.1. The molecule has 7 nitrogen and oxygen atoms in total. The number of hydrogen-bond acceptors (Lipinski definition) is 6. The standard InChI is InChI=1S/C19H22O7/c1-3-24-19(18(21)22)26-15-9-7-14(8-10-15)25-12-17(20)13-5-4-6-16(11-13)23-2/h4-11,17,19-20H,3,12H2,1-2H3,(H,21,22)/t17-,19+/m0/s1. The molecule has 0 saturated heterocycles. The lowest BCUT2D eigenvalue weighted by molar-refractivity contribution is -0.170. The van der Waals surface area contributed by atoms with Crippen LogP contribution in [0.5, 0.6) is 17.2 Å².